The minimum absolute atomic E-state index is 0.0667. The normalized spacial score (nSPS) is 24.9. The minimum atomic E-state index is 0.0667. The second-order valence-electron chi connectivity index (χ2n) is 5.98. The third-order valence-corrected chi connectivity index (χ3v) is 4.69. The van der Waals surface area contributed by atoms with E-state index in [0.29, 0.717) is 11.8 Å². The van der Waals surface area contributed by atoms with Crippen molar-refractivity contribution < 1.29 is 4.79 Å². The van der Waals surface area contributed by atoms with Gasteiger partial charge in [0.1, 0.15) is 0 Å². The molecule has 110 valence electrons. The van der Waals surface area contributed by atoms with E-state index in [2.05, 4.69) is 21.4 Å². The topological polar surface area (TPSA) is 50.2 Å². The zero-order valence-electron chi connectivity index (χ0n) is 12.2. The molecule has 1 amide bonds. The maximum absolute atomic E-state index is 12.5. The largest absolute Gasteiger partial charge is 0.341 e. The van der Waals surface area contributed by atoms with Gasteiger partial charge in [0.05, 0.1) is 6.04 Å². The fourth-order valence-corrected chi connectivity index (χ4v) is 3.46. The summed E-state index contributed by atoms with van der Waals surface area (Å²) in [6.45, 7) is 2.75. The van der Waals surface area contributed by atoms with Crippen LogP contribution < -0.4 is 5.32 Å². The standard InChI is InChI=1S/C15H24N4O/c1-18-14(5-9-17-18)12-6-10-19(11-7-12)15(20)13-4-2-3-8-16-13/h5,9,12-13,16H,2-4,6-8,10-11H2,1H3/t13-/m0/s1. The molecule has 0 aliphatic carbocycles. The number of amides is 1. The van der Waals surface area contributed by atoms with Gasteiger partial charge in [-0.2, -0.15) is 5.10 Å². The Morgan fingerprint density at radius 3 is 2.70 bits per heavy atom. The Hall–Kier alpha value is -1.36. The lowest BCUT2D eigenvalue weighted by Gasteiger charge is -2.35. The summed E-state index contributed by atoms with van der Waals surface area (Å²) >= 11 is 0. The smallest absolute Gasteiger partial charge is 0.239 e. The molecule has 20 heavy (non-hydrogen) atoms. The summed E-state index contributed by atoms with van der Waals surface area (Å²) < 4.78 is 1.96. The van der Waals surface area contributed by atoms with Crippen molar-refractivity contribution >= 4 is 5.91 Å². The fourth-order valence-electron chi connectivity index (χ4n) is 3.46. The summed E-state index contributed by atoms with van der Waals surface area (Å²) in [5.41, 5.74) is 1.30. The van der Waals surface area contributed by atoms with Crippen molar-refractivity contribution in [3.05, 3.63) is 18.0 Å². The van der Waals surface area contributed by atoms with Crippen LogP contribution in [0.3, 0.4) is 0 Å². The number of likely N-dealkylation sites (tertiary alicyclic amines) is 1. The first-order chi connectivity index (χ1) is 9.75. The highest BCUT2D eigenvalue weighted by molar-refractivity contribution is 5.82. The van der Waals surface area contributed by atoms with Crippen LogP contribution in [-0.4, -0.2) is 46.3 Å². The summed E-state index contributed by atoms with van der Waals surface area (Å²) in [7, 11) is 2.00. The van der Waals surface area contributed by atoms with Crippen LogP contribution in [0, 0.1) is 0 Å². The molecule has 1 aromatic heterocycles. The van der Waals surface area contributed by atoms with E-state index in [4.69, 9.17) is 0 Å². The van der Waals surface area contributed by atoms with Crippen molar-refractivity contribution in [3.8, 4) is 0 Å². The Balaban J connectivity index is 1.55. The summed E-state index contributed by atoms with van der Waals surface area (Å²) in [6.07, 6.45) is 7.34. The van der Waals surface area contributed by atoms with Crippen LogP contribution in [-0.2, 0) is 11.8 Å². The fraction of sp³-hybridized carbons (Fsp3) is 0.733. The third kappa shape index (κ3) is 2.73. The zero-order chi connectivity index (χ0) is 13.9. The number of piperidine rings is 2. The molecular weight excluding hydrogens is 252 g/mol. The van der Waals surface area contributed by atoms with Gasteiger partial charge in [-0.25, -0.2) is 0 Å². The van der Waals surface area contributed by atoms with Gasteiger partial charge in [-0.15, -0.1) is 0 Å². The Kier molecular flexibility index (Phi) is 4.05. The van der Waals surface area contributed by atoms with Gasteiger partial charge in [0, 0.05) is 37.9 Å². The van der Waals surface area contributed by atoms with E-state index in [1.54, 1.807) is 0 Å². The number of nitrogens with one attached hydrogen (secondary N) is 1. The first-order valence-corrected chi connectivity index (χ1v) is 7.76. The Bertz CT molecular complexity index is 456. The van der Waals surface area contributed by atoms with E-state index in [1.165, 1.54) is 18.5 Å². The molecule has 2 fully saturated rings. The average Bonchev–Trinajstić information content (AvgIpc) is 2.94. The molecule has 5 nitrogen and oxygen atoms in total. The summed E-state index contributed by atoms with van der Waals surface area (Å²) in [6, 6.07) is 2.17. The molecule has 2 aliphatic heterocycles. The number of aromatic nitrogens is 2. The number of carbonyl (C=O) groups is 1. The van der Waals surface area contributed by atoms with Gasteiger partial charge in [-0.3, -0.25) is 9.48 Å². The van der Waals surface area contributed by atoms with Gasteiger partial charge in [0.2, 0.25) is 5.91 Å². The molecule has 0 radical (unpaired) electrons. The SMILES string of the molecule is Cn1nccc1C1CCN(C(=O)[C@@H]2CCCCN2)CC1. The summed E-state index contributed by atoms with van der Waals surface area (Å²) in [5.74, 6) is 0.860. The Labute approximate surface area is 120 Å². The van der Waals surface area contributed by atoms with Gasteiger partial charge < -0.3 is 10.2 Å². The molecule has 0 bridgehead atoms. The quantitative estimate of drug-likeness (QED) is 0.885. The Morgan fingerprint density at radius 2 is 2.10 bits per heavy atom. The molecule has 2 aliphatic rings. The Morgan fingerprint density at radius 1 is 1.30 bits per heavy atom. The summed E-state index contributed by atoms with van der Waals surface area (Å²) in [5, 5.41) is 7.60. The molecule has 1 atom stereocenters. The van der Waals surface area contributed by atoms with E-state index < -0.39 is 0 Å². The molecule has 0 aromatic carbocycles. The van der Waals surface area contributed by atoms with E-state index in [-0.39, 0.29) is 6.04 Å². The highest BCUT2D eigenvalue weighted by atomic mass is 16.2. The number of hydrogen-bond donors (Lipinski definition) is 1. The van der Waals surface area contributed by atoms with Gasteiger partial charge in [0.15, 0.2) is 0 Å². The molecule has 5 heteroatoms. The third-order valence-electron chi connectivity index (χ3n) is 4.69. The highest BCUT2D eigenvalue weighted by Gasteiger charge is 2.30. The molecule has 3 rings (SSSR count). The molecule has 2 saturated heterocycles. The molecule has 0 spiro atoms. The van der Waals surface area contributed by atoms with E-state index >= 15 is 0 Å². The lowest BCUT2D eigenvalue weighted by Crippen LogP contribution is -2.50. The zero-order valence-corrected chi connectivity index (χ0v) is 12.2. The molecule has 1 N–H and O–H groups in total. The van der Waals surface area contributed by atoms with Crippen LogP contribution in [0.25, 0.3) is 0 Å². The predicted molar refractivity (Wildman–Crippen MR) is 77.4 cm³/mol. The second kappa shape index (κ2) is 5.95. The first-order valence-electron chi connectivity index (χ1n) is 7.76. The molecule has 0 unspecified atom stereocenters. The van der Waals surface area contributed by atoms with Crippen LogP contribution in [0.5, 0.6) is 0 Å². The van der Waals surface area contributed by atoms with Crippen molar-refractivity contribution in [3.63, 3.8) is 0 Å². The van der Waals surface area contributed by atoms with Crippen molar-refractivity contribution in [2.24, 2.45) is 7.05 Å². The van der Waals surface area contributed by atoms with Crippen LogP contribution in [0.1, 0.15) is 43.7 Å². The van der Waals surface area contributed by atoms with Crippen molar-refractivity contribution in [1.82, 2.24) is 20.0 Å². The van der Waals surface area contributed by atoms with E-state index in [9.17, 15) is 4.79 Å². The van der Waals surface area contributed by atoms with Crippen LogP contribution in [0.15, 0.2) is 12.3 Å². The maximum atomic E-state index is 12.5. The molecular formula is C15H24N4O. The number of aryl methyl sites for hydroxylation is 1. The molecule has 1 aromatic rings. The van der Waals surface area contributed by atoms with Gasteiger partial charge in [-0.1, -0.05) is 6.42 Å². The van der Waals surface area contributed by atoms with Crippen LogP contribution in [0.2, 0.25) is 0 Å². The summed E-state index contributed by atoms with van der Waals surface area (Å²) in [4.78, 5) is 14.5. The average molecular weight is 276 g/mol. The lowest BCUT2D eigenvalue weighted by molar-refractivity contribution is -0.135. The predicted octanol–water partition coefficient (Wildman–Crippen LogP) is 1.27. The van der Waals surface area contributed by atoms with Crippen molar-refractivity contribution in [2.75, 3.05) is 19.6 Å². The lowest BCUT2D eigenvalue weighted by atomic mass is 9.92. The first kappa shape index (κ1) is 13.6. The van der Waals surface area contributed by atoms with Crippen LogP contribution in [0.4, 0.5) is 0 Å². The van der Waals surface area contributed by atoms with Gasteiger partial charge in [-0.05, 0) is 38.3 Å². The van der Waals surface area contributed by atoms with E-state index in [0.717, 1.165) is 38.9 Å². The minimum Gasteiger partial charge on any atom is -0.341 e. The monoisotopic (exact) mass is 276 g/mol. The van der Waals surface area contributed by atoms with Gasteiger partial charge in [0.25, 0.3) is 0 Å². The van der Waals surface area contributed by atoms with Crippen molar-refractivity contribution in [2.45, 2.75) is 44.1 Å². The van der Waals surface area contributed by atoms with E-state index in [1.807, 2.05) is 17.9 Å². The number of nitrogens with zero attached hydrogens (tertiary/aromatic N) is 3. The molecule has 3 heterocycles. The van der Waals surface area contributed by atoms with Crippen molar-refractivity contribution in [1.29, 1.82) is 0 Å². The molecule has 0 saturated carbocycles. The highest BCUT2D eigenvalue weighted by Crippen LogP contribution is 2.28. The second-order valence-corrected chi connectivity index (χ2v) is 5.98. The van der Waals surface area contributed by atoms with Gasteiger partial charge >= 0.3 is 0 Å². The number of rotatable bonds is 2. The van der Waals surface area contributed by atoms with Crippen LogP contribution >= 0.6 is 0 Å². The maximum Gasteiger partial charge on any atom is 0.239 e. The number of carbonyl (C=O) groups excluding carboxylic acids is 1. The number of hydrogen-bond acceptors (Lipinski definition) is 3.